The Labute approximate surface area is 174 Å². The number of halogens is 1. The predicted octanol–water partition coefficient (Wildman–Crippen LogP) is 4.38. The van der Waals surface area contributed by atoms with E-state index in [1.807, 2.05) is 37.3 Å². The molecule has 2 heterocycles. The molecule has 1 aliphatic heterocycles. The first-order valence-corrected chi connectivity index (χ1v) is 10.4. The Bertz CT molecular complexity index is 1050. The van der Waals surface area contributed by atoms with Crippen LogP contribution in [-0.2, 0) is 4.79 Å². The Morgan fingerprint density at radius 2 is 2.04 bits per heavy atom. The number of anilines is 2. The highest BCUT2D eigenvalue weighted by molar-refractivity contribution is 9.10. The minimum Gasteiger partial charge on any atom is -0.311 e. The number of amides is 2. The Hall–Kier alpha value is -2.58. The lowest BCUT2D eigenvalue weighted by molar-refractivity contribution is -0.117. The fourth-order valence-corrected chi connectivity index (χ4v) is 4.45. The molecule has 1 saturated heterocycles. The third kappa shape index (κ3) is 3.83. The third-order valence-corrected chi connectivity index (χ3v) is 6.12. The molecule has 8 heteroatoms. The molecule has 0 bridgehead atoms. The highest BCUT2D eigenvalue weighted by atomic mass is 79.9. The van der Waals surface area contributed by atoms with Crippen molar-refractivity contribution in [2.75, 3.05) is 16.8 Å². The van der Waals surface area contributed by atoms with Crippen molar-refractivity contribution in [3.8, 4) is 0 Å². The van der Waals surface area contributed by atoms with E-state index in [-0.39, 0.29) is 17.7 Å². The normalized spacial score (nSPS) is 16.4. The Morgan fingerprint density at radius 3 is 2.82 bits per heavy atom. The van der Waals surface area contributed by atoms with Gasteiger partial charge in [0.25, 0.3) is 5.91 Å². The van der Waals surface area contributed by atoms with Crippen molar-refractivity contribution in [3.05, 3.63) is 69.1 Å². The van der Waals surface area contributed by atoms with E-state index in [0.717, 1.165) is 20.7 Å². The largest absolute Gasteiger partial charge is 0.311 e. The summed E-state index contributed by atoms with van der Waals surface area (Å²) in [6, 6.07) is 15.0. The van der Waals surface area contributed by atoms with E-state index in [2.05, 4.69) is 31.4 Å². The van der Waals surface area contributed by atoms with Crippen molar-refractivity contribution in [2.45, 2.75) is 19.3 Å². The highest BCUT2D eigenvalue weighted by Crippen LogP contribution is 2.35. The van der Waals surface area contributed by atoms with Crippen molar-refractivity contribution < 1.29 is 9.59 Å². The summed E-state index contributed by atoms with van der Waals surface area (Å²) >= 11 is 4.67. The standard InChI is InChI=1S/C20H17BrN4O2S/c1-12-5-2-3-8-16(12)25-11-14(10-17(25)26)19-23-24-20(28-19)22-18(27)13-6-4-7-15(21)9-13/h2-9,14H,10-11H2,1H3,(H,22,24,27)/t14-/m0/s1. The number of aromatic nitrogens is 2. The lowest BCUT2D eigenvalue weighted by Gasteiger charge is -2.18. The molecular weight excluding hydrogens is 440 g/mol. The summed E-state index contributed by atoms with van der Waals surface area (Å²) in [5.74, 6) is -0.191. The molecule has 28 heavy (non-hydrogen) atoms. The molecule has 2 amide bonds. The first kappa shape index (κ1) is 18.8. The highest BCUT2D eigenvalue weighted by Gasteiger charge is 2.34. The molecule has 1 N–H and O–H groups in total. The first-order valence-electron chi connectivity index (χ1n) is 8.77. The summed E-state index contributed by atoms with van der Waals surface area (Å²) in [5, 5.41) is 12.3. The number of para-hydroxylation sites is 1. The number of carbonyl (C=O) groups excluding carboxylic acids is 2. The molecular formula is C20H17BrN4O2S. The van der Waals surface area contributed by atoms with Crippen LogP contribution in [0.5, 0.6) is 0 Å². The lowest BCUT2D eigenvalue weighted by atomic mass is 10.1. The van der Waals surface area contributed by atoms with Crippen LogP contribution in [0.3, 0.4) is 0 Å². The van der Waals surface area contributed by atoms with Crippen LogP contribution in [0.25, 0.3) is 0 Å². The Balaban J connectivity index is 1.47. The topological polar surface area (TPSA) is 75.2 Å². The van der Waals surface area contributed by atoms with E-state index in [1.165, 1.54) is 11.3 Å². The number of benzene rings is 2. The minimum atomic E-state index is -0.243. The molecule has 2 aromatic carbocycles. The number of rotatable bonds is 4. The van der Waals surface area contributed by atoms with Crippen LogP contribution in [0.15, 0.2) is 53.0 Å². The van der Waals surface area contributed by atoms with Gasteiger partial charge in [0.05, 0.1) is 0 Å². The molecule has 3 aromatic rings. The summed E-state index contributed by atoms with van der Waals surface area (Å²) in [7, 11) is 0. The van der Waals surface area contributed by atoms with Gasteiger partial charge in [0, 0.05) is 34.6 Å². The summed E-state index contributed by atoms with van der Waals surface area (Å²) in [4.78, 5) is 26.7. The predicted molar refractivity (Wildman–Crippen MR) is 113 cm³/mol. The van der Waals surface area contributed by atoms with E-state index in [9.17, 15) is 9.59 Å². The average Bonchev–Trinajstić information content (AvgIpc) is 3.29. The van der Waals surface area contributed by atoms with Crippen molar-refractivity contribution in [2.24, 2.45) is 0 Å². The van der Waals surface area contributed by atoms with Crippen LogP contribution < -0.4 is 10.2 Å². The number of aryl methyl sites for hydroxylation is 1. The molecule has 0 aliphatic carbocycles. The second-order valence-corrected chi connectivity index (χ2v) is 8.53. The molecule has 4 rings (SSSR count). The van der Waals surface area contributed by atoms with Crippen molar-refractivity contribution >= 4 is 49.9 Å². The van der Waals surface area contributed by atoms with Crippen LogP contribution in [0.4, 0.5) is 10.8 Å². The fraction of sp³-hybridized carbons (Fsp3) is 0.200. The second kappa shape index (κ2) is 7.81. The van der Waals surface area contributed by atoms with Gasteiger partial charge in [-0.2, -0.15) is 0 Å². The molecule has 0 unspecified atom stereocenters. The number of hydrogen-bond donors (Lipinski definition) is 1. The maximum absolute atomic E-state index is 12.5. The smallest absolute Gasteiger partial charge is 0.257 e. The maximum Gasteiger partial charge on any atom is 0.257 e. The third-order valence-electron chi connectivity index (χ3n) is 4.63. The van der Waals surface area contributed by atoms with Gasteiger partial charge in [0.1, 0.15) is 5.01 Å². The number of nitrogens with one attached hydrogen (secondary N) is 1. The Kier molecular flexibility index (Phi) is 5.23. The number of nitrogens with zero attached hydrogens (tertiary/aromatic N) is 3. The van der Waals surface area contributed by atoms with Gasteiger partial charge in [0.2, 0.25) is 11.0 Å². The van der Waals surface area contributed by atoms with Gasteiger partial charge in [-0.1, -0.05) is 51.5 Å². The zero-order chi connectivity index (χ0) is 19.7. The quantitative estimate of drug-likeness (QED) is 0.631. The van der Waals surface area contributed by atoms with E-state index in [0.29, 0.717) is 23.7 Å². The fourth-order valence-electron chi connectivity index (χ4n) is 3.22. The molecule has 1 aromatic heterocycles. The molecule has 6 nitrogen and oxygen atoms in total. The molecule has 1 atom stereocenters. The summed E-state index contributed by atoms with van der Waals surface area (Å²) < 4.78 is 0.832. The lowest BCUT2D eigenvalue weighted by Crippen LogP contribution is -2.25. The molecule has 0 spiro atoms. The summed E-state index contributed by atoms with van der Waals surface area (Å²) in [6.45, 7) is 2.56. The van der Waals surface area contributed by atoms with Crippen LogP contribution in [-0.4, -0.2) is 28.6 Å². The second-order valence-electron chi connectivity index (χ2n) is 6.60. The van der Waals surface area contributed by atoms with Crippen LogP contribution in [0, 0.1) is 6.92 Å². The average molecular weight is 457 g/mol. The van der Waals surface area contributed by atoms with Gasteiger partial charge in [-0.15, -0.1) is 10.2 Å². The van der Waals surface area contributed by atoms with Crippen molar-refractivity contribution in [1.82, 2.24) is 10.2 Å². The van der Waals surface area contributed by atoms with Crippen molar-refractivity contribution in [1.29, 1.82) is 0 Å². The van der Waals surface area contributed by atoms with Gasteiger partial charge in [-0.05, 0) is 36.8 Å². The van der Waals surface area contributed by atoms with Crippen LogP contribution in [0.1, 0.15) is 33.3 Å². The van der Waals surface area contributed by atoms with Gasteiger partial charge in [-0.3, -0.25) is 14.9 Å². The van der Waals surface area contributed by atoms with Crippen molar-refractivity contribution in [3.63, 3.8) is 0 Å². The number of carbonyl (C=O) groups is 2. The first-order chi connectivity index (χ1) is 13.5. The van der Waals surface area contributed by atoms with Gasteiger partial charge in [-0.25, -0.2) is 0 Å². The summed E-state index contributed by atoms with van der Waals surface area (Å²) in [6.07, 6.45) is 0.391. The number of hydrogen-bond acceptors (Lipinski definition) is 5. The van der Waals surface area contributed by atoms with Crippen LogP contribution in [0.2, 0.25) is 0 Å². The molecule has 0 saturated carbocycles. The van der Waals surface area contributed by atoms with Crippen LogP contribution >= 0.6 is 27.3 Å². The van der Waals surface area contributed by atoms with Gasteiger partial charge in [0.15, 0.2) is 0 Å². The molecule has 0 radical (unpaired) electrons. The van der Waals surface area contributed by atoms with Gasteiger partial charge < -0.3 is 4.90 Å². The van der Waals surface area contributed by atoms with E-state index in [4.69, 9.17) is 0 Å². The zero-order valence-corrected chi connectivity index (χ0v) is 17.5. The molecule has 142 valence electrons. The zero-order valence-electron chi connectivity index (χ0n) is 15.1. The van der Waals surface area contributed by atoms with E-state index in [1.54, 1.807) is 23.1 Å². The summed E-state index contributed by atoms with van der Waals surface area (Å²) in [5.41, 5.74) is 2.53. The SMILES string of the molecule is Cc1ccccc1N1C[C@@H](c2nnc(NC(=O)c3cccc(Br)c3)s2)CC1=O. The molecule has 1 aliphatic rings. The van der Waals surface area contributed by atoms with E-state index < -0.39 is 0 Å². The minimum absolute atomic E-state index is 0.0267. The van der Waals surface area contributed by atoms with Gasteiger partial charge >= 0.3 is 0 Å². The van der Waals surface area contributed by atoms with E-state index >= 15 is 0 Å². The monoisotopic (exact) mass is 456 g/mol. The molecule has 1 fully saturated rings. The maximum atomic E-state index is 12.5. The Morgan fingerprint density at radius 1 is 1.21 bits per heavy atom.